The number of carbonyl (C=O) groups excluding carboxylic acids is 1. The predicted molar refractivity (Wildman–Crippen MR) is 74.3 cm³/mol. The quantitative estimate of drug-likeness (QED) is 0.786. The minimum Gasteiger partial charge on any atom is -0.393 e. The average Bonchev–Trinajstić information content (AvgIpc) is 2.30. The largest absolute Gasteiger partial charge is 0.393 e. The topological polar surface area (TPSA) is 58.4 Å². The summed E-state index contributed by atoms with van der Waals surface area (Å²) in [6, 6.07) is 9.33. The maximum absolute atomic E-state index is 11.9. The van der Waals surface area contributed by atoms with Crippen LogP contribution in [0.15, 0.2) is 30.3 Å². The van der Waals surface area contributed by atoms with Gasteiger partial charge in [-0.1, -0.05) is 30.4 Å². The standard InChI is InChI=1S/C12H17N3OS/c1-2-14-12(16)15(9-8-11(13)17)10-6-4-3-5-7-10/h3-7H,2,8-9H2,1H3,(H2,13,17)(H,14,16). The molecule has 3 N–H and O–H groups in total. The highest BCUT2D eigenvalue weighted by Gasteiger charge is 2.14. The summed E-state index contributed by atoms with van der Waals surface area (Å²) in [5, 5.41) is 2.77. The first-order chi connectivity index (χ1) is 8.15. The van der Waals surface area contributed by atoms with Gasteiger partial charge in [0, 0.05) is 25.2 Å². The number of carbonyl (C=O) groups is 1. The van der Waals surface area contributed by atoms with Crippen molar-refractivity contribution in [1.82, 2.24) is 5.32 Å². The Balaban J connectivity index is 2.78. The summed E-state index contributed by atoms with van der Waals surface area (Å²) in [5.41, 5.74) is 6.31. The number of nitrogens with two attached hydrogens (primary N) is 1. The normalized spacial score (nSPS) is 9.71. The molecule has 4 nitrogen and oxygen atoms in total. The summed E-state index contributed by atoms with van der Waals surface area (Å²) in [6.45, 7) is 2.97. The van der Waals surface area contributed by atoms with Gasteiger partial charge in [0.15, 0.2) is 0 Å². The van der Waals surface area contributed by atoms with E-state index in [0.717, 1.165) is 5.69 Å². The van der Waals surface area contributed by atoms with Crippen molar-refractivity contribution in [2.75, 3.05) is 18.0 Å². The number of nitrogens with one attached hydrogen (secondary N) is 1. The van der Waals surface area contributed by atoms with E-state index in [2.05, 4.69) is 5.32 Å². The zero-order chi connectivity index (χ0) is 12.7. The number of thiocarbonyl (C=S) groups is 1. The minimum absolute atomic E-state index is 0.130. The lowest BCUT2D eigenvalue weighted by Crippen LogP contribution is -2.41. The first-order valence-corrected chi connectivity index (χ1v) is 5.94. The van der Waals surface area contributed by atoms with Gasteiger partial charge in [0.05, 0.1) is 4.99 Å². The second-order valence-electron chi connectivity index (χ2n) is 3.54. The fourth-order valence-corrected chi connectivity index (χ4v) is 1.52. The van der Waals surface area contributed by atoms with Crippen molar-refractivity contribution < 1.29 is 4.79 Å². The number of urea groups is 1. The molecular weight excluding hydrogens is 234 g/mol. The molecule has 5 heteroatoms. The summed E-state index contributed by atoms with van der Waals surface area (Å²) >= 11 is 4.83. The first kappa shape index (κ1) is 13.4. The van der Waals surface area contributed by atoms with Gasteiger partial charge in [0.2, 0.25) is 0 Å². The molecule has 0 fully saturated rings. The third kappa shape index (κ3) is 4.40. The number of amides is 2. The van der Waals surface area contributed by atoms with E-state index in [1.54, 1.807) is 4.90 Å². The van der Waals surface area contributed by atoms with Crippen LogP contribution in [0.3, 0.4) is 0 Å². The molecule has 0 unspecified atom stereocenters. The van der Waals surface area contributed by atoms with Crippen molar-refractivity contribution in [3.8, 4) is 0 Å². The van der Waals surface area contributed by atoms with Crippen molar-refractivity contribution in [2.24, 2.45) is 5.73 Å². The molecular formula is C12H17N3OS. The minimum atomic E-state index is -0.130. The van der Waals surface area contributed by atoms with Crippen molar-refractivity contribution in [2.45, 2.75) is 13.3 Å². The van der Waals surface area contributed by atoms with E-state index < -0.39 is 0 Å². The number of nitrogens with zero attached hydrogens (tertiary/aromatic N) is 1. The molecule has 0 radical (unpaired) electrons. The Morgan fingerprint density at radius 3 is 2.59 bits per heavy atom. The second-order valence-corrected chi connectivity index (χ2v) is 4.06. The van der Waals surface area contributed by atoms with E-state index >= 15 is 0 Å². The van der Waals surface area contributed by atoms with Crippen molar-refractivity contribution in [3.05, 3.63) is 30.3 Å². The molecule has 0 spiro atoms. The van der Waals surface area contributed by atoms with Crippen LogP contribution in [0.2, 0.25) is 0 Å². The lowest BCUT2D eigenvalue weighted by atomic mass is 10.2. The Morgan fingerprint density at radius 2 is 2.06 bits per heavy atom. The number of benzene rings is 1. The lowest BCUT2D eigenvalue weighted by Gasteiger charge is -2.22. The Bertz CT molecular complexity index is 381. The highest BCUT2D eigenvalue weighted by Crippen LogP contribution is 2.13. The monoisotopic (exact) mass is 251 g/mol. The maximum Gasteiger partial charge on any atom is 0.321 e. The summed E-state index contributed by atoms with van der Waals surface area (Å²) in [7, 11) is 0. The summed E-state index contributed by atoms with van der Waals surface area (Å²) in [6.07, 6.45) is 0.515. The third-order valence-corrected chi connectivity index (χ3v) is 2.43. The molecule has 0 bridgehead atoms. The maximum atomic E-state index is 11.9. The second kappa shape index (κ2) is 6.85. The van der Waals surface area contributed by atoms with Gasteiger partial charge in [-0.15, -0.1) is 0 Å². The van der Waals surface area contributed by atoms with Crippen molar-refractivity contribution >= 4 is 28.9 Å². The van der Waals surface area contributed by atoms with Crippen molar-refractivity contribution in [3.63, 3.8) is 0 Å². The predicted octanol–water partition coefficient (Wildman–Crippen LogP) is 1.90. The molecule has 0 atom stereocenters. The van der Waals surface area contributed by atoms with Gasteiger partial charge in [0.1, 0.15) is 0 Å². The molecule has 0 aliphatic rings. The first-order valence-electron chi connectivity index (χ1n) is 5.54. The van der Waals surface area contributed by atoms with Crippen LogP contribution in [-0.4, -0.2) is 24.1 Å². The van der Waals surface area contributed by atoms with Crippen LogP contribution in [0.4, 0.5) is 10.5 Å². The average molecular weight is 251 g/mol. The molecule has 0 aliphatic heterocycles. The van der Waals surface area contributed by atoms with E-state index in [9.17, 15) is 4.79 Å². The molecule has 0 aromatic heterocycles. The van der Waals surface area contributed by atoms with E-state index in [1.807, 2.05) is 37.3 Å². The molecule has 1 aromatic rings. The molecule has 0 aliphatic carbocycles. The number of anilines is 1. The third-order valence-electron chi connectivity index (χ3n) is 2.22. The highest BCUT2D eigenvalue weighted by molar-refractivity contribution is 7.80. The van der Waals surface area contributed by atoms with Gasteiger partial charge in [-0.25, -0.2) is 4.79 Å². The van der Waals surface area contributed by atoms with Crippen LogP contribution in [0.25, 0.3) is 0 Å². The van der Waals surface area contributed by atoms with Gasteiger partial charge in [-0.3, -0.25) is 4.90 Å². The Labute approximate surface area is 107 Å². The molecule has 0 saturated carbocycles. The van der Waals surface area contributed by atoms with Crippen LogP contribution < -0.4 is 16.0 Å². The molecule has 92 valence electrons. The fourth-order valence-electron chi connectivity index (χ4n) is 1.42. The fraction of sp³-hybridized carbons (Fsp3) is 0.333. The number of rotatable bonds is 5. The number of para-hydroxylation sites is 1. The highest BCUT2D eigenvalue weighted by atomic mass is 32.1. The SMILES string of the molecule is CCNC(=O)N(CCC(N)=S)c1ccccc1. The molecule has 2 amide bonds. The van der Waals surface area contributed by atoms with Gasteiger partial charge in [0.25, 0.3) is 0 Å². The van der Waals surface area contributed by atoms with E-state index in [1.165, 1.54) is 0 Å². The van der Waals surface area contributed by atoms with E-state index in [4.69, 9.17) is 18.0 Å². The van der Waals surface area contributed by atoms with Gasteiger partial charge in [-0.05, 0) is 19.1 Å². The van der Waals surface area contributed by atoms with Crippen molar-refractivity contribution in [1.29, 1.82) is 0 Å². The number of hydrogen-bond acceptors (Lipinski definition) is 2. The van der Waals surface area contributed by atoms with Crippen LogP contribution in [0.5, 0.6) is 0 Å². The van der Waals surface area contributed by atoms with Crippen LogP contribution in [0, 0.1) is 0 Å². The Hall–Kier alpha value is -1.62. The zero-order valence-electron chi connectivity index (χ0n) is 9.85. The van der Waals surface area contributed by atoms with Crippen LogP contribution in [-0.2, 0) is 0 Å². The lowest BCUT2D eigenvalue weighted by molar-refractivity contribution is 0.247. The summed E-state index contributed by atoms with van der Waals surface area (Å²) in [5.74, 6) is 0. The Morgan fingerprint density at radius 1 is 1.41 bits per heavy atom. The van der Waals surface area contributed by atoms with Crippen LogP contribution >= 0.6 is 12.2 Å². The molecule has 1 aromatic carbocycles. The Kier molecular flexibility index (Phi) is 5.42. The zero-order valence-corrected chi connectivity index (χ0v) is 10.7. The van der Waals surface area contributed by atoms with Crippen LogP contribution in [0.1, 0.15) is 13.3 Å². The van der Waals surface area contributed by atoms with Gasteiger partial charge in [-0.2, -0.15) is 0 Å². The summed E-state index contributed by atoms with van der Waals surface area (Å²) in [4.78, 5) is 13.9. The summed E-state index contributed by atoms with van der Waals surface area (Å²) < 4.78 is 0. The molecule has 17 heavy (non-hydrogen) atoms. The van der Waals surface area contributed by atoms with E-state index in [0.29, 0.717) is 24.5 Å². The van der Waals surface area contributed by atoms with Gasteiger partial charge >= 0.3 is 6.03 Å². The van der Waals surface area contributed by atoms with E-state index in [-0.39, 0.29) is 6.03 Å². The molecule has 0 saturated heterocycles. The number of hydrogen-bond donors (Lipinski definition) is 2. The van der Waals surface area contributed by atoms with Gasteiger partial charge < -0.3 is 11.1 Å². The molecule has 1 rings (SSSR count). The smallest absolute Gasteiger partial charge is 0.321 e. The molecule has 0 heterocycles.